The highest BCUT2D eigenvalue weighted by Crippen LogP contribution is 2.25. The fourth-order valence-corrected chi connectivity index (χ4v) is 3.66. The molecule has 32 heavy (non-hydrogen) atoms. The van der Waals surface area contributed by atoms with Crippen molar-refractivity contribution in [3.63, 3.8) is 0 Å². The third-order valence-electron chi connectivity index (χ3n) is 5.26. The Labute approximate surface area is 183 Å². The van der Waals surface area contributed by atoms with Gasteiger partial charge in [-0.3, -0.25) is 24.6 Å². The van der Waals surface area contributed by atoms with E-state index in [1.807, 2.05) is 24.5 Å². The van der Waals surface area contributed by atoms with Gasteiger partial charge in [0.25, 0.3) is 11.8 Å². The van der Waals surface area contributed by atoms with Crippen LogP contribution in [-0.4, -0.2) is 33.2 Å². The van der Waals surface area contributed by atoms with E-state index < -0.39 is 23.8 Å². The number of aromatic nitrogens is 1. The van der Waals surface area contributed by atoms with Gasteiger partial charge >= 0.3 is 6.03 Å². The van der Waals surface area contributed by atoms with Crippen molar-refractivity contribution in [2.24, 2.45) is 5.73 Å². The second-order valence-corrected chi connectivity index (χ2v) is 7.36. The van der Waals surface area contributed by atoms with E-state index in [-0.39, 0.29) is 12.1 Å². The van der Waals surface area contributed by atoms with Crippen LogP contribution in [0.15, 0.2) is 58.7 Å². The molecule has 0 saturated carbocycles. The molecule has 0 spiro atoms. The SMILES string of the molecule is Cc1cc(C=C2C(=O)NC(=O)N(Cc3ccco3)C2=O)c(C)n1-c1ccc(C(N)=O)cc1. The topological polar surface area (TPSA) is 128 Å². The van der Waals surface area contributed by atoms with Gasteiger partial charge in [0, 0.05) is 22.6 Å². The Morgan fingerprint density at radius 3 is 2.47 bits per heavy atom. The molecule has 1 saturated heterocycles. The third kappa shape index (κ3) is 3.71. The minimum atomic E-state index is -0.798. The average molecular weight is 432 g/mol. The highest BCUT2D eigenvalue weighted by molar-refractivity contribution is 6.31. The van der Waals surface area contributed by atoms with Gasteiger partial charge in [-0.25, -0.2) is 4.79 Å². The van der Waals surface area contributed by atoms with Gasteiger partial charge < -0.3 is 14.7 Å². The molecule has 2 aromatic heterocycles. The zero-order chi connectivity index (χ0) is 23.0. The van der Waals surface area contributed by atoms with Gasteiger partial charge in [-0.1, -0.05) is 0 Å². The number of nitrogens with one attached hydrogen (secondary N) is 1. The number of imide groups is 2. The van der Waals surface area contributed by atoms with Crippen LogP contribution in [0.25, 0.3) is 11.8 Å². The predicted octanol–water partition coefficient (Wildman–Crippen LogP) is 2.45. The molecule has 0 unspecified atom stereocenters. The van der Waals surface area contributed by atoms with E-state index in [2.05, 4.69) is 5.32 Å². The molecule has 1 aromatic carbocycles. The van der Waals surface area contributed by atoms with E-state index >= 15 is 0 Å². The fraction of sp³-hybridized carbons (Fsp3) is 0.130. The number of rotatable bonds is 5. The van der Waals surface area contributed by atoms with E-state index in [0.29, 0.717) is 16.9 Å². The monoisotopic (exact) mass is 432 g/mol. The number of hydrogen-bond acceptors (Lipinski definition) is 5. The Morgan fingerprint density at radius 1 is 1.12 bits per heavy atom. The maximum atomic E-state index is 12.9. The molecule has 162 valence electrons. The van der Waals surface area contributed by atoms with Crippen LogP contribution in [0, 0.1) is 13.8 Å². The molecule has 1 aliphatic heterocycles. The molecule has 0 radical (unpaired) electrons. The highest BCUT2D eigenvalue weighted by Gasteiger charge is 2.36. The van der Waals surface area contributed by atoms with Crippen LogP contribution in [0.2, 0.25) is 0 Å². The normalized spacial score (nSPS) is 15.4. The van der Waals surface area contributed by atoms with Gasteiger partial charge in [-0.15, -0.1) is 0 Å². The number of benzene rings is 1. The predicted molar refractivity (Wildman–Crippen MR) is 115 cm³/mol. The number of carbonyl (C=O) groups is 4. The van der Waals surface area contributed by atoms with E-state index in [4.69, 9.17) is 10.2 Å². The first-order valence-corrected chi connectivity index (χ1v) is 9.76. The number of furan rings is 1. The number of barbiturate groups is 1. The summed E-state index contributed by atoms with van der Waals surface area (Å²) in [6.45, 7) is 3.64. The molecule has 9 heteroatoms. The lowest BCUT2D eigenvalue weighted by Gasteiger charge is -2.25. The van der Waals surface area contributed by atoms with Crippen LogP contribution in [0.1, 0.15) is 33.1 Å². The summed E-state index contributed by atoms with van der Waals surface area (Å²) in [5.41, 5.74) is 8.61. The molecule has 0 aliphatic carbocycles. The van der Waals surface area contributed by atoms with Crippen molar-refractivity contribution in [2.45, 2.75) is 20.4 Å². The minimum Gasteiger partial charge on any atom is -0.467 e. The standard InChI is InChI=1S/C23H20N4O5/c1-13-10-16(14(2)27(13)17-7-5-15(6-8-17)20(24)28)11-19-21(29)25-23(31)26(22(19)30)12-18-4-3-9-32-18/h3-11H,12H2,1-2H3,(H2,24,28)(H,25,29,31). The Morgan fingerprint density at radius 2 is 1.84 bits per heavy atom. The number of aryl methyl sites for hydroxylation is 1. The Bertz CT molecular complexity index is 1270. The molecular formula is C23H20N4O5. The average Bonchev–Trinajstić information content (AvgIpc) is 3.36. The molecule has 3 N–H and O–H groups in total. The zero-order valence-electron chi connectivity index (χ0n) is 17.4. The summed E-state index contributed by atoms with van der Waals surface area (Å²) in [4.78, 5) is 49.8. The molecule has 9 nitrogen and oxygen atoms in total. The van der Waals surface area contributed by atoms with Gasteiger partial charge in [-0.05, 0) is 68.0 Å². The second kappa shape index (κ2) is 8.03. The molecule has 5 amide bonds. The van der Waals surface area contributed by atoms with Crippen LogP contribution < -0.4 is 11.1 Å². The van der Waals surface area contributed by atoms with Crippen LogP contribution in [0.3, 0.4) is 0 Å². The maximum absolute atomic E-state index is 12.9. The summed E-state index contributed by atoms with van der Waals surface area (Å²) in [5, 5.41) is 2.20. The number of amides is 5. The van der Waals surface area contributed by atoms with Crippen LogP contribution in [0.5, 0.6) is 0 Å². The number of carbonyl (C=O) groups excluding carboxylic acids is 4. The number of nitrogens with two attached hydrogens (primary N) is 1. The third-order valence-corrected chi connectivity index (χ3v) is 5.26. The van der Waals surface area contributed by atoms with Crippen molar-refractivity contribution < 1.29 is 23.6 Å². The minimum absolute atomic E-state index is 0.0898. The molecule has 4 rings (SSSR count). The van der Waals surface area contributed by atoms with Crippen molar-refractivity contribution in [3.05, 3.63) is 82.6 Å². The van der Waals surface area contributed by atoms with E-state index in [1.54, 1.807) is 36.4 Å². The van der Waals surface area contributed by atoms with Crippen LogP contribution >= 0.6 is 0 Å². The Kier molecular flexibility index (Phi) is 5.23. The quantitative estimate of drug-likeness (QED) is 0.473. The van der Waals surface area contributed by atoms with E-state index in [9.17, 15) is 19.2 Å². The van der Waals surface area contributed by atoms with Gasteiger partial charge in [-0.2, -0.15) is 0 Å². The number of hydrogen-bond donors (Lipinski definition) is 2. The maximum Gasteiger partial charge on any atom is 0.331 e. The summed E-state index contributed by atoms with van der Waals surface area (Å²) >= 11 is 0. The lowest BCUT2D eigenvalue weighted by Crippen LogP contribution is -2.53. The summed E-state index contributed by atoms with van der Waals surface area (Å²) in [5.74, 6) is -1.56. The second-order valence-electron chi connectivity index (χ2n) is 7.36. The molecule has 3 heterocycles. The summed E-state index contributed by atoms with van der Waals surface area (Å²) in [6.07, 6.45) is 2.91. The highest BCUT2D eigenvalue weighted by atomic mass is 16.3. The summed E-state index contributed by atoms with van der Waals surface area (Å²) < 4.78 is 7.14. The molecule has 1 fully saturated rings. The van der Waals surface area contributed by atoms with Gasteiger partial charge in [0.2, 0.25) is 5.91 Å². The first-order chi connectivity index (χ1) is 15.3. The molecular weight excluding hydrogens is 412 g/mol. The fourth-order valence-electron chi connectivity index (χ4n) is 3.66. The molecule has 0 atom stereocenters. The first kappa shape index (κ1) is 20.9. The molecule has 0 bridgehead atoms. The lowest BCUT2D eigenvalue weighted by atomic mass is 10.1. The van der Waals surface area contributed by atoms with Crippen molar-refractivity contribution in [1.82, 2.24) is 14.8 Å². The van der Waals surface area contributed by atoms with Gasteiger partial charge in [0.1, 0.15) is 11.3 Å². The molecule has 3 aromatic rings. The van der Waals surface area contributed by atoms with Crippen molar-refractivity contribution >= 4 is 29.8 Å². The zero-order valence-corrected chi connectivity index (χ0v) is 17.4. The van der Waals surface area contributed by atoms with E-state index in [0.717, 1.165) is 22.0 Å². The number of urea groups is 1. The van der Waals surface area contributed by atoms with Crippen LogP contribution in [-0.2, 0) is 16.1 Å². The summed E-state index contributed by atoms with van der Waals surface area (Å²) in [7, 11) is 0. The summed E-state index contributed by atoms with van der Waals surface area (Å²) in [6, 6.07) is 11.1. The lowest BCUT2D eigenvalue weighted by molar-refractivity contribution is -0.130. The Balaban J connectivity index is 1.69. The van der Waals surface area contributed by atoms with E-state index in [1.165, 1.54) is 12.3 Å². The van der Waals surface area contributed by atoms with Crippen molar-refractivity contribution in [2.75, 3.05) is 0 Å². The molecule has 1 aliphatic rings. The van der Waals surface area contributed by atoms with Crippen LogP contribution in [0.4, 0.5) is 4.79 Å². The largest absolute Gasteiger partial charge is 0.467 e. The number of nitrogens with zero attached hydrogens (tertiary/aromatic N) is 2. The van der Waals surface area contributed by atoms with Gasteiger partial charge in [0.05, 0.1) is 12.8 Å². The van der Waals surface area contributed by atoms with Crippen molar-refractivity contribution in [3.8, 4) is 5.69 Å². The van der Waals surface area contributed by atoms with Crippen molar-refractivity contribution in [1.29, 1.82) is 0 Å². The van der Waals surface area contributed by atoms with Gasteiger partial charge in [0.15, 0.2) is 0 Å². The first-order valence-electron chi connectivity index (χ1n) is 9.76. The Hall–Kier alpha value is -4.40. The number of primary amides is 1. The smallest absolute Gasteiger partial charge is 0.331 e.